The van der Waals surface area contributed by atoms with Gasteiger partial charge in [-0.1, -0.05) is 5.16 Å². The van der Waals surface area contributed by atoms with E-state index in [1.807, 2.05) is 56.9 Å². The van der Waals surface area contributed by atoms with Crippen LogP contribution in [0.15, 0.2) is 28.8 Å². The summed E-state index contributed by atoms with van der Waals surface area (Å²) in [6, 6.07) is 9.86. The van der Waals surface area contributed by atoms with Crippen molar-refractivity contribution in [3.05, 3.63) is 45.3 Å². The lowest BCUT2D eigenvalue weighted by atomic mass is 9.91. The maximum atomic E-state index is 12.3. The van der Waals surface area contributed by atoms with Crippen LogP contribution in [-0.4, -0.2) is 34.8 Å². The summed E-state index contributed by atoms with van der Waals surface area (Å²) in [5.41, 5.74) is 2.20. The number of likely N-dealkylation sites (tertiary alicyclic amines) is 1. The molecule has 1 fully saturated rings. The molecule has 34 heavy (non-hydrogen) atoms. The maximum absolute atomic E-state index is 12.3. The Bertz CT molecular complexity index is 1190. The van der Waals surface area contributed by atoms with Crippen LogP contribution in [0.25, 0.3) is 11.0 Å². The average molecular weight is 482 g/mol. The average Bonchev–Trinajstić information content (AvgIpc) is 3.43. The van der Waals surface area contributed by atoms with E-state index in [0.717, 1.165) is 71.6 Å². The monoisotopic (exact) mass is 481 g/mol. The Morgan fingerprint density at radius 3 is 2.71 bits per heavy atom. The van der Waals surface area contributed by atoms with E-state index in [9.17, 15) is 4.79 Å². The molecular formula is C26H31N3O4S. The van der Waals surface area contributed by atoms with Gasteiger partial charge in [-0.15, -0.1) is 11.3 Å². The van der Waals surface area contributed by atoms with Crippen LogP contribution in [0, 0.1) is 24.2 Å². The molecule has 1 amide bonds. The molecule has 0 radical (unpaired) electrons. The van der Waals surface area contributed by atoms with Crippen LogP contribution in [0.1, 0.15) is 61.0 Å². The molecule has 0 aliphatic carbocycles. The van der Waals surface area contributed by atoms with Gasteiger partial charge in [0, 0.05) is 28.9 Å². The second kappa shape index (κ2) is 10.1. The van der Waals surface area contributed by atoms with Gasteiger partial charge in [0.05, 0.1) is 5.69 Å². The van der Waals surface area contributed by atoms with Gasteiger partial charge >= 0.3 is 6.09 Å². The zero-order valence-corrected chi connectivity index (χ0v) is 21.0. The van der Waals surface area contributed by atoms with Crippen molar-refractivity contribution in [3.63, 3.8) is 0 Å². The van der Waals surface area contributed by atoms with Gasteiger partial charge in [0.2, 0.25) is 0 Å². The fourth-order valence-corrected chi connectivity index (χ4v) is 4.96. The fourth-order valence-electron chi connectivity index (χ4n) is 4.24. The summed E-state index contributed by atoms with van der Waals surface area (Å²) in [7, 11) is 0. The minimum absolute atomic E-state index is 0.216. The number of hydrogen-bond acceptors (Lipinski definition) is 7. The number of thiophene rings is 1. The molecule has 8 heteroatoms. The van der Waals surface area contributed by atoms with Crippen LogP contribution < -0.4 is 4.74 Å². The molecule has 4 rings (SSSR count). The molecule has 0 atom stereocenters. The smallest absolute Gasteiger partial charge is 0.410 e. The largest absolute Gasteiger partial charge is 0.488 e. The summed E-state index contributed by atoms with van der Waals surface area (Å²) < 4.78 is 17.2. The highest BCUT2D eigenvalue weighted by Crippen LogP contribution is 2.32. The van der Waals surface area contributed by atoms with E-state index in [4.69, 9.17) is 19.3 Å². The lowest BCUT2D eigenvalue weighted by Crippen LogP contribution is -2.41. The Morgan fingerprint density at radius 1 is 1.26 bits per heavy atom. The number of aromatic nitrogens is 1. The molecule has 3 heterocycles. The highest BCUT2D eigenvalue weighted by Gasteiger charge is 2.27. The summed E-state index contributed by atoms with van der Waals surface area (Å²) in [5, 5.41) is 14.4. The van der Waals surface area contributed by atoms with Crippen molar-refractivity contribution in [1.29, 1.82) is 5.26 Å². The predicted molar refractivity (Wildman–Crippen MR) is 131 cm³/mol. The van der Waals surface area contributed by atoms with E-state index >= 15 is 0 Å². The Morgan fingerprint density at radius 2 is 2.03 bits per heavy atom. The molecule has 180 valence electrons. The van der Waals surface area contributed by atoms with Crippen molar-refractivity contribution in [2.45, 2.75) is 65.6 Å². The van der Waals surface area contributed by atoms with Crippen molar-refractivity contribution in [1.82, 2.24) is 10.1 Å². The molecule has 2 aromatic heterocycles. The van der Waals surface area contributed by atoms with Crippen LogP contribution in [0.5, 0.6) is 5.75 Å². The van der Waals surface area contributed by atoms with E-state index in [1.54, 1.807) is 0 Å². The van der Waals surface area contributed by atoms with E-state index in [2.05, 4.69) is 11.2 Å². The van der Waals surface area contributed by atoms with Gasteiger partial charge in [-0.2, -0.15) is 5.26 Å². The van der Waals surface area contributed by atoms with Gasteiger partial charge in [-0.25, -0.2) is 4.79 Å². The Balaban J connectivity index is 1.32. The van der Waals surface area contributed by atoms with Gasteiger partial charge in [0.15, 0.2) is 5.58 Å². The van der Waals surface area contributed by atoms with E-state index in [-0.39, 0.29) is 6.09 Å². The molecule has 1 aliphatic heterocycles. The first kappa shape index (κ1) is 24.1. The van der Waals surface area contributed by atoms with Gasteiger partial charge < -0.3 is 18.9 Å². The number of hydrogen-bond donors (Lipinski definition) is 0. The van der Waals surface area contributed by atoms with Crippen LogP contribution in [0.4, 0.5) is 4.79 Å². The molecule has 1 aromatic carbocycles. The van der Waals surface area contributed by atoms with Crippen LogP contribution >= 0.6 is 11.3 Å². The van der Waals surface area contributed by atoms with Crippen molar-refractivity contribution in [2.75, 3.05) is 13.1 Å². The quantitative estimate of drug-likeness (QED) is 0.415. The predicted octanol–water partition coefficient (Wildman–Crippen LogP) is 6.23. The zero-order valence-electron chi connectivity index (χ0n) is 20.2. The third kappa shape index (κ3) is 5.71. The first-order valence-corrected chi connectivity index (χ1v) is 12.5. The van der Waals surface area contributed by atoms with E-state index in [1.165, 1.54) is 11.3 Å². The van der Waals surface area contributed by atoms with Crippen molar-refractivity contribution in [2.24, 2.45) is 5.92 Å². The molecule has 1 saturated heterocycles. The number of fused-ring (bicyclic) bond motifs is 1. The third-order valence-corrected chi connectivity index (χ3v) is 7.08. The molecule has 0 bridgehead atoms. The number of carbonyl (C=O) groups is 1. The number of nitrogens with zero attached hydrogens (tertiary/aromatic N) is 3. The van der Waals surface area contributed by atoms with Crippen molar-refractivity contribution < 1.29 is 18.8 Å². The maximum Gasteiger partial charge on any atom is 0.410 e. The number of benzene rings is 1. The van der Waals surface area contributed by atoms with Crippen LogP contribution in [0.3, 0.4) is 0 Å². The topological polar surface area (TPSA) is 88.6 Å². The van der Waals surface area contributed by atoms with E-state index < -0.39 is 5.60 Å². The number of ether oxygens (including phenoxy) is 2. The second-order valence-electron chi connectivity index (χ2n) is 9.81. The van der Waals surface area contributed by atoms with Crippen LogP contribution in [0.2, 0.25) is 0 Å². The van der Waals surface area contributed by atoms with Crippen molar-refractivity contribution >= 4 is 28.4 Å². The zero-order chi connectivity index (χ0) is 24.3. The van der Waals surface area contributed by atoms with Crippen molar-refractivity contribution in [3.8, 4) is 11.8 Å². The summed E-state index contributed by atoms with van der Waals surface area (Å²) in [6.07, 6.45) is 3.59. The molecule has 0 N–H and O–H groups in total. The minimum Gasteiger partial charge on any atom is -0.488 e. The Hall–Kier alpha value is -3.05. The normalized spacial score (nSPS) is 14.9. The summed E-state index contributed by atoms with van der Waals surface area (Å²) in [5.74, 6) is 1.31. The highest BCUT2D eigenvalue weighted by atomic mass is 32.1. The minimum atomic E-state index is -0.462. The summed E-state index contributed by atoms with van der Waals surface area (Å²) in [4.78, 5) is 15.8. The van der Waals surface area contributed by atoms with Crippen LogP contribution in [-0.2, 0) is 17.8 Å². The van der Waals surface area contributed by atoms with Gasteiger partial charge in [0.1, 0.15) is 28.9 Å². The summed E-state index contributed by atoms with van der Waals surface area (Å²) in [6.45, 7) is 9.55. The first-order valence-electron chi connectivity index (χ1n) is 11.7. The Labute approximate surface area is 204 Å². The number of nitriles is 1. The molecule has 0 unspecified atom stereocenters. The molecule has 0 spiro atoms. The molecule has 1 aliphatic rings. The number of rotatable bonds is 6. The molecule has 0 saturated carbocycles. The molecule has 3 aromatic rings. The van der Waals surface area contributed by atoms with Gasteiger partial charge in [-0.05, 0) is 83.6 Å². The van der Waals surface area contributed by atoms with Gasteiger partial charge in [0.25, 0.3) is 0 Å². The number of carbonyl (C=O) groups excluding carboxylic acids is 1. The lowest BCUT2D eigenvalue weighted by molar-refractivity contribution is 0.0181. The standard InChI is InChI=1S/C26H31N3O4S/c1-17-23(31-16-20-7-6-19(15-27)34-20)10-8-21-22(28-33-24(17)21)9-5-18-11-13-29(14-12-18)25(30)32-26(2,3)4/h6-8,10,18H,5,9,11-14,16H2,1-4H3. The van der Waals surface area contributed by atoms with E-state index in [0.29, 0.717) is 17.4 Å². The number of aryl methyl sites for hydroxylation is 2. The molecular weight excluding hydrogens is 450 g/mol. The second-order valence-corrected chi connectivity index (χ2v) is 11.0. The fraction of sp³-hybridized carbons (Fsp3) is 0.500. The highest BCUT2D eigenvalue weighted by molar-refractivity contribution is 7.12. The molecule has 7 nitrogen and oxygen atoms in total. The summed E-state index contributed by atoms with van der Waals surface area (Å²) >= 11 is 1.44. The SMILES string of the molecule is Cc1c(OCc2ccc(C#N)s2)ccc2c(CCC3CCN(C(=O)OC(C)(C)C)CC3)noc12. The van der Waals surface area contributed by atoms with Gasteiger partial charge in [-0.3, -0.25) is 0 Å². The Kier molecular flexibility index (Phi) is 7.13. The lowest BCUT2D eigenvalue weighted by Gasteiger charge is -2.33. The number of piperidine rings is 1. The third-order valence-electron chi connectivity index (χ3n) is 6.11. The first-order chi connectivity index (χ1) is 16.2. The number of amides is 1.